The molecule has 0 amide bonds. The Labute approximate surface area is 126 Å². The molecule has 21 heavy (non-hydrogen) atoms. The van der Waals surface area contributed by atoms with Crippen LogP contribution in [0.25, 0.3) is 0 Å². The number of nitrogens with one attached hydrogen (secondary N) is 1. The molecule has 1 heterocycles. The topological polar surface area (TPSA) is 82.5 Å². The molecule has 5 nitrogen and oxygen atoms in total. The summed E-state index contributed by atoms with van der Waals surface area (Å²) >= 11 is 0. The molecule has 0 spiro atoms. The number of aromatic carboxylic acids is 1. The SMILES string of the molecule is CC(C)(CCO)CNc1cc(C(=O)O)cc(C(C)(C)C)n1. The number of aliphatic hydroxyl groups excluding tert-OH is 1. The molecule has 0 unspecified atom stereocenters. The Morgan fingerprint density at radius 2 is 1.86 bits per heavy atom. The van der Waals surface area contributed by atoms with E-state index in [1.165, 1.54) is 0 Å². The molecule has 0 aromatic carbocycles. The van der Waals surface area contributed by atoms with Gasteiger partial charge in [-0.25, -0.2) is 9.78 Å². The number of carboxylic acids is 1. The number of carbonyl (C=O) groups is 1. The third kappa shape index (κ3) is 5.34. The predicted octanol–water partition coefficient (Wildman–Crippen LogP) is 2.90. The number of anilines is 1. The highest BCUT2D eigenvalue weighted by molar-refractivity contribution is 5.88. The second-order valence-corrected chi connectivity index (χ2v) is 7.17. The van der Waals surface area contributed by atoms with Gasteiger partial charge in [-0.05, 0) is 24.0 Å². The number of nitrogens with zero attached hydrogens (tertiary/aromatic N) is 1. The van der Waals surface area contributed by atoms with Gasteiger partial charge in [0, 0.05) is 24.3 Å². The molecule has 5 heteroatoms. The molecule has 0 bridgehead atoms. The summed E-state index contributed by atoms with van der Waals surface area (Å²) in [7, 11) is 0. The number of hydrogen-bond donors (Lipinski definition) is 3. The molecule has 1 aromatic heterocycles. The van der Waals surface area contributed by atoms with E-state index < -0.39 is 5.97 Å². The van der Waals surface area contributed by atoms with Gasteiger partial charge in [-0.1, -0.05) is 34.6 Å². The zero-order valence-electron chi connectivity index (χ0n) is 13.5. The first-order valence-corrected chi connectivity index (χ1v) is 7.16. The van der Waals surface area contributed by atoms with Crippen molar-refractivity contribution in [3.63, 3.8) is 0 Å². The van der Waals surface area contributed by atoms with Crippen molar-refractivity contribution in [1.29, 1.82) is 0 Å². The largest absolute Gasteiger partial charge is 0.478 e. The van der Waals surface area contributed by atoms with E-state index in [0.29, 0.717) is 18.8 Å². The maximum atomic E-state index is 11.2. The highest BCUT2D eigenvalue weighted by Gasteiger charge is 2.21. The first-order chi connectivity index (χ1) is 9.55. The lowest BCUT2D eigenvalue weighted by molar-refractivity contribution is 0.0696. The average Bonchev–Trinajstić information content (AvgIpc) is 2.35. The Hall–Kier alpha value is -1.62. The van der Waals surface area contributed by atoms with Crippen molar-refractivity contribution in [3.8, 4) is 0 Å². The Morgan fingerprint density at radius 3 is 2.33 bits per heavy atom. The van der Waals surface area contributed by atoms with E-state index in [9.17, 15) is 9.90 Å². The number of pyridine rings is 1. The highest BCUT2D eigenvalue weighted by Crippen LogP contribution is 2.25. The third-order valence-corrected chi connectivity index (χ3v) is 3.38. The maximum Gasteiger partial charge on any atom is 0.335 e. The summed E-state index contributed by atoms with van der Waals surface area (Å²) < 4.78 is 0. The Bertz CT molecular complexity index is 505. The molecule has 1 rings (SSSR count). The van der Waals surface area contributed by atoms with Crippen molar-refractivity contribution < 1.29 is 15.0 Å². The quantitative estimate of drug-likeness (QED) is 0.751. The summed E-state index contributed by atoms with van der Waals surface area (Å²) in [6.45, 7) is 10.8. The van der Waals surface area contributed by atoms with Crippen LogP contribution in [0, 0.1) is 5.41 Å². The van der Waals surface area contributed by atoms with Crippen molar-refractivity contribution in [1.82, 2.24) is 4.98 Å². The molecule has 0 saturated heterocycles. The van der Waals surface area contributed by atoms with E-state index in [2.05, 4.69) is 10.3 Å². The number of aromatic nitrogens is 1. The number of aliphatic hydroxyl groups is 1. The van der Waals surface area contributed by atoms with Gasteiger partial charge in [-0.15, -0.1) is 0 Å². The minimum atomic E-state index is -0.958. The van der Waals surface area contributed by atoms with E-state index in [4.69, 9.17) is 5.11 Å². The van der Waals surface area contributed by atoms with E-state index in [1.807, 2.05) is 34.6 Å². The molecule has 118 valence electrons. The van der Waals surface area contributed by atoms with Crippen LogP contribution in [0.5, 0.6) is 0 Å². The van der Waals surface area contributed by atoms with Gasteiger partial charge in [-0.2, -0.15) is 0 Å². The molecule has 0 atom stereocenters. The predicted molar refractivity (Wildman–Crippen MR) is 83.9 cm³/mol. The lowest BCUT2D eigenvalue weighted by Crippen LogP contribution is -2.25. The second kappa shape index (κ2) is 6.43. The van der Waals surface area contributed by atoms with Crippen molar-refractivity contribution >= 4 is 11.8 Å². The van der Waals surface area contributed by atoms with Crippen LogP contribution >= 0.6 is 0 Å². The molecular weight excluding hydrogens is 268 g/mol. The Balaban J connectivity index is 3.01. The monoisotopic (exact) mass is 294 g/mol. The molecule has 0 aliphatic rings. The van der Waals surface area contributed by atoms with Gasteiger partial charge >= 0.3 is 5.97 Å². The lowest BCUT2D eigenvalue weighted by atomic mass is 9.89. The van der Waals surface area contributed by atoms with Gasteiger partial charge in [0.05, 0.1) is 5.56 Å². The van der Waals surface area contributed by atoms with Crippen LogP contribution in [-0.4, -0.2) is 34.3 Å². The fraction of sp³-hybridized carbons (Fsp3) is 0.625. The first kappa shape index (κ1) is 17.4. The van der Waals surface area contributed by atoms with Crippen molar-refractivity contribution in [2.24, 2.45) is 5.41 Å². The third-order valence-electron chi connectivity index (χ3n) is 3.38. The van der Waals surface area contributed by atoms with Gasteiger partial charge < -0.3 is 15.5 Å². The fourth-order valence-corrected chi connectivity index (χ4v) is 1.85. The van der Waals surface area contributed by atoms with Crippen LogP contribution in [0.2, 0.25) is 0 Å². The van der Waals surface area contributed by atoms with E-state index in [0.717, 1.165) is 5.69 Å². The maximum absolute atomic E-state index is 11.2. The number of hydrogen-bond acceptors (Lipinski definition) is 4. The fourth-order valence-electron chi connectivity index (χ4n) is 1.85. The van der Waals surface area contributed by atoms with Gasteiger partial charge in [-0.3, -0.25) is 0 Å². The summed E-state index contributed by atoms with van der Waals surface area (Å²) in [5.74, 6) is -0.397. The van der Waals surface area contributed by atoms with Gasteiger partial charge in [0.15, 0.2) is 0 Å². The van der Waals surface area contributed by atoms with Crippen molar-refractivity contribution in [2.75, 3.05) is 18.5 Å². The molecule has 1 aromatic rings. The molecular formula is C16H26N2O3. The molecule has 3 N–H and O–H groups in total. The van der Waals surface area contributed by atoms with Crippen LogP contribution in [0.3, 0.4) is 0 Å². The van der Waals surface area contributed by atoms with Crippen LogP contribution in [0.15, 0.2) is 12.1 Å². The normalized spacial score (nSPS) is 12.3. The molecule has 0 aliphatic heterocycles. The van der Waals surface area contributed by atoms with E-state index in [1.54, 1.807) is 12.1 Å². The van der Waals surface area contributed by atoms with Gasteiger partial charge in [0.2, 0.25) is 0 Å². The van der Waals surface area contributed by atoms with E-state index in [-0.39, 0.29) is 23.0 Å². The Kier molecular flexibility index (Phi) is 5.34. The van der Waals surface area contributed by atoms with Crippen LogP contribution < -0.4 is 5.32 Å². The van der Waals surface area contributed by atoms with Gasteiger partial charge in [0.25, 0.3) is 0 Å². The van der Waals surface area contributed by atoms with Gasteiger partial charge in [0.1, 0.15) is 5.82 Å². The molecule has 0 fully saturated rings. The average molecular weight is 294 g/mol. The van der Waals surface area contributed by atoms with Crippen LogP contribution in [0.1, 0.15) is 57.1 Å². The zero-order chi connectivity index (χ0) is 16.3. The first-order valence-electron chi connectivity index (χ1n) is 7.16. The zero-order valence-corrected chi connectivity index (χ0v) is 13.5. The molecule has 0 radical (unpaired) electrons. The van der Waals surface area contributed by atoms with Crippen LogP contribution in [0.4, 0.5) is 5.82 Å². The summed E-state index contributed by atoms with van der Waals surface area (Å²) in [6.07, 6.45) is 0.671. The minimum absolute atomic E-state index is 0.0858. The van der Waals surface area contributed by atoms with E-state index >= 15 is 0 Å². The number of carboxylic acid groups (broad SMARTS) is 1. The van der Waals surface area contributed by atoms with Crippen LogP contribution in [-0.2, 0) is 5.41 Å². The molecule has 0 aliphatic carbocycles. The second-order valence-electron chi connectivity index (χ2n) is 7.17. The summed E-state index contributed by atoms with van der Waals surface area (Å²) in [5, 5.41) is 21.5. The molecule has 0 saturated carbocycles. The lowest BCUT2D eigenvalue weighted by Gasteiger charge is -2.25. The highest BCUT2D eigenvalue weighted by atomic mass is 16.4. The van der Waals surface area contributed by atoms with Crippen molar-refractivity contribution in [2.45, 2.75) is 46.5 Å². The minimum Gasteiger partial charge on any atom is -0.478 e. The summed E-state index contributed by atoms with van der Waals surface area (Å²) in [5.41, 5.74) is 0.669. The smallest absolute Gasteiger partial charge is 0.335 e. The number of rotatable bonds is 6. The van der Waals surface area contributed by atoms with Crippen molar-refractivity contribution in [3.05, 3.63) is 23.4 Å². The Morgan fingerprint density at radius 1 is 1.24 bits per heavy atom. The summed E-state index contributed by atoms with van der Waals surface area (Å²) in [6, 6.07) is 3.17. The summed E-state index contributed by atoms with van der Waals surface area (Å²) in [4.78, 5) is 15.8. The standard InChI is InChI=1S/C16H26N2O3/c1-15(2,3)12-8-11(14(20)21)9-13(18-12)17-10-16(4,5)6-7-19/h8-9,19H,6-7,10H2,1-5H3,(H,17,18)(H,20,21).